The van der Waals surface area contributed by atoms with Gasteiger partial charge in [-0.25, -0.2) is 4.98 Å². The molecule has 0 saturated carbocycles. The molecule has 2 nitrogen and oxygen atoms in total. The van der Waals surface area contributed by atoms with E-state index in [2.05, 4.69) is 88.8 Å². The second-order valence-electron chi connectivity index (χ2n) is 6.92. The van der Waals surface area contributed by atoms with Crippen LogP contribution in [0.1, 0.15) is 0 Å². The van der Waals surface area contributed by atoms with E-state index in [1.54, 1.807) is 11.3 Å². The summed E-state index contributed by atoms with van der Waals surface area (Å²) in [6.45, 7) is 0. The molecule has 0 N–H and O–H groups in total. The summed E-state index contributed by atoms with van der Waals surface area (Å²) in [4.78, 5) is 4.77. The molecule has 0 aliphatic heterocycles. The Labute approximate surface area is 166 Å². The number of fused-ring (bicyclic) bond motifs is 5. The van der Waals surface area contributed by atoms with Crippen molar-refractivity contribution >= 4 is 43.2 Å². The zero-order valence-electron chi connectivity index (χ0n) is 15.0. The van der Waals surface area contributed by atoms with Crippen molar-refractivity contribution in [2.45, 2.75) is 0 Å². The number of benzene rings is 3. The summed E-state index contributed by atoms with van der Waals surface area (Å²) in [5.74, 6) is 0.950. The number of aromatic nitrogens is 2. The molecule has 0 saturated heterocycles. The number of thiophene rings is 1. The van der Waals surface area contributed by atoms with Crippen LogP contribution in [0.15, 0.2) is 96.5 Å². The van der Waals surface area contributed by atoms with E-state index in [9.17, 15) is 0 Å². The minimum atomic E-state index is 0.950. The lowest BCUT2D eigenvalue weighted by atomic mass is 10.1. The zero-order chi connectivity index (χ0) is 18.5. The molecule has 3 aromatic heterocycles. The van der Waals surface area contributed by atoms with Crippen LogP contribution in [0.2, 0.25) is 0 Å². The van der Waals surface area contributed by atoms with Crippen molar-refractivity contribution in [3.63, 3.8) is 0 Å². The Hall–Kier alpha value is -3.43. The molecule has 0 radical (unpaired) electrons. The van der Waals surface area contributed by atoms with Crippen molar-refractivity contribution in [1.29, 1.82) is 0 Å². The molecule has 0 amide bonds. The maximum Gasteiger partial charge on any atom is 0.138 e. The fourth-order valence-corrected chi connectivity index (χ4v) is 4.88. The van der Waals surface area contributed by atoms with Crippen LogP contribution in [0.5, 0.6) is 0 Å². The Morgan fingerprint density at radius 1 is 0.679 bits per heavy atom. The van der Waals surface area contributed by atoms with Gasteiger partial charge in [0.1, 0.15) is 5.82 Å². The lowest BCUT2D eigenvalue weighted by Crippen LogP contribution is -1.97. The molecule has 3 heteroatoms. The third-order valence-electron chi connectivity index (χ3n) is 5.35. The predicted molar refractivity (Wildman–Crippen MR) is 119 cm³/mol. The van der Waals surface area contributed by atoms with Gasteiger partial charge in [0, 0.05) is 27.1 Å². The van der Waals surface area contributed by atoms with Gasteiger partial charge < -0.3 is 0 Å². The van der Waals surface area contributed by atoms with Crippen molar-refractivity contribution in [1.82, 2.24) is 9.55 Å². The van der Waals surface area contributed by atoms with Crippen LogP contribution in [0.3, 0.4) is 0 Å². The summed E-state index contributed by atoms with van der Waals surface area (Å²) in [5.41, 5.74) is 4.80. The van der Waals surface area contributed by atoms with Crippen molar-refractivity contribution < 1.29 is 0 Å². The summed E-state index contributed by atoms with van der Waals surface area (Å²) in [6.07, 6.45) is 1.91. The average Bonchev–Trinajstić information content (AvgIpc) is 3.37. The van der Waals surface area contributed by atoms with E-state index in [1.165, 1.54) is 43.0 Å². The summed E-state index contributed by atoms with van der Waals surface area (Å²) in [6, 6.07) is 30.0. The number of nitrogens with zero attached hydrogens (tertiary/aromatic N) is 2. The standard InChI is InChI=1S/C25H16N2S/c1-2-6-17(7-3-1)18-12-14-26-24(16-18)27-22-9-5-4-8-19(22)20-10-11-23-21(25(20)27)13-15-28-23/h1-16H. The van der Waals surface area contributed by atoms with Gasteiger partial charge in [0.15, 0.2) is 0 Å². The molecule has 6 rings (SSSR count). The van der Waals surface area contributed by atoms with Crippen molar-refractivity contribution in [2.75, 3.05) is 0 Å². The molecule has 0 unspecified atom stereocenters. The maximum atomic E-state index is 4.77. The highest BCUT2D eigenvalue weighted by molar-refractivity contribution is 7.17. The molecule has 0 fully saturated rings. The second-order valence-corrected chi connectivity index (χ2v) is 7.86. The Morgan fingerprint density at radius 2 is 1.54 bits per heavy atom. The third-order valence-corrected chi connectivity index (χ3v) is 6.23. The van der Waals surface area contributed by atoms with E-state index < -0.39 is 0 Å². The van der Waals surface area contributed by atoms with E-state index in [1.807, 2.05) is 12.3 Å². The molecule has 132 valence electrons. The van der Waals surface area contributed by atoms with E-state index in [4.69, 9.17) is 4.98 Å². The van der Waals surface area contributed by atoms with Gasteiger partial charge in [0.05, 0.1) is 11.0 Å². The van der Waals surface area contributed by atoms with Crippen molar-refractivity contribution in [2.24, 2.45) is 0 Å². The Morgan fingerprint density at radius 3 is 2.46 bits per heavy atom. The first-order valence-corrected chi connectivity index (χ1v) is 10.2. The van der Waals surface area contributed by atoms with Crippen LogP contribution in [-0.4, -0.2) is 9.55 Å². The molecular weight excluding hydrogens is 360 g/mol. The number of para-hydroxylation sites is 1. The first-order valence-electron chi connectivity index (χ1n) is 9.31. The quantitative estimate of drug-likeness (QED) is 0.316. The van der Waals surface area contributed by atoms with E-state index in [-0.39, 0.29) is 0 Å². The van der Waals surface area contributed by atoms with Crippen LogP contribution in [0.25, 0.3) is 48.8 Å². The van der Waals surface area contributed by atoms with Gasteiger partial charge >= 0.3 is 0 Å². The highest BCUT2D eigenvalue weighted by Crippen LogP contribution is 2.38. The Kier molecular flexibility index (Phi) is 3.37. The van der Waals surface area contributed by atoms with Crippen molar-refractivity contribution in [3.8, 4) is 16.9 Å². The summed E-state index contributed by atoms with van der Waals surface area (Å²) in [7, 11) is 0. The van der Waals surface area contributed by atoms with Gasteiger partial charge in [0.2, 0.25) is 0 Å². The second kappa shape index (κ2) is 6.04. The first-order chi connectivity index (χ1) is 13.9. The molecule has 28 heavy (non-hydrogen) atoms. The van der Waals surface area contributed by atoms with E-state index >= 15 is 0 Å². The molecule has 0 bridgehead atoms. The van der Waals surface area contributed by atoms with Crippen molar-refractivity contribution in [3.05, 3.63) is 96.5 Å². The van der Waals surface area contributed by atoms with Gasteiger partial charge in [-0.3, -0.25) is 4.57 Å². The SMILES string of the molecule is c1ccc(-c2ccnc(-n3c4ccccc4c4ccc5sccc5c43)c2)cc1. The fraction of sp³-hybridized carbons (Fsp3) is 0. The molecule has 3 heterocycles. The monoisotopic (exact) mass is 376 g/mol. The molecule has 0 aliphatic rings. The molecule has 0 atom stereocenters. The largest absolute Gasteiger partial charge is 0.293 e. The molecule has 3 aromatic carbocycles. The normalized spacial score (nSPS) is 11.6. The van der Waals surface area contributed by atoms with Crippen LogP contribution in [-0.2, 0) is 0 Å². The number of rotatable bonds is 2. The van der Waals surface area contributed by atoms with Gasteiger partial charge in [-0.15, -0.1) is 11.3 Å². The lowest BCUT2D eigenvalue weighted by molar-refractivity contribution is 1.08. The van der Waals surface area contributed by atoms with Gasteiger partial charge in [0.25, 0.3) is 0 Å². The lowest BCUT2D eigenvalue weighted by Gasteiger charge is -2.10. The van der Waals surface area contributed by atoms with Crippen LogP contribution in [0, 0.1) is 0 Å². The average molecular weight is 376 g/mol. The molecular formula is C25H16N2S. The van der Waals surface area contributed by atoms with Crippen LogP contribution >= 0.6 is 11.3 Å². The minimum absolute atomic E-state index is 0.950. The first kappa shape index (κ1) is 15.6. The summed E-state index contributed by atoms with van der Waals surface area (Å²) >= 11 is 1.78. The number of hydrogen-bond donors (Lipinski definition) is 0. The summed E-state index contributed by atoms with van der Waals surface area (Å²) in [5, 5.41) is 5.98. The fourth-order valence-electron chi connectivity index (χ4n) is 4.09. The van der Waals surface area contributed by atoms with Gasteiger partial charge in [-0.05, 0) is 46.8 Å². The van der Waals surface area contributed by atoms with E-state index in [0.717, 1.165) is 5.82 Å². The Bertz CT molecular complexity index is 1460. The molecule has 0 spiro atoms. The topological polar surface area (TPSA) is 17.8 Å². The molecule has 6 aromatic rings. The smallest absolute Gasteiger partial charge is 0.138 e. The zero-order valence-corrected chi connectivity index (χ0v) is 15.9. The number of hydrogen-bond acceptors (Lipinski definition) is 2. The maximum absolute atomic E-state index is 4.77. The number of pyridine rings is 1. The minimum Gasteiger partial charge on any atom is -0.293 e. The van der Waals surface area contributed by atoms with Crippen LogP contribution in [0.4, 0.5) is 0 Å². The third kappa shape index (κ3) is 2.23. The highest BCUT2D eigenvalue weighted by atomic mass is 32.1. The van der Waals surface area contributed by atoms with Gasteiger partial charge in [-0.1, -0.05) is 54.6 Å². The summed E-state index contributed by atoms with van der Waals surface area (Å²) < 4.78 is 3.61. The molecule has 0 aliphatic carbocycles. The highest BCUT2D eigenvalue weighted by Gasteiger charge is 2.16. The van der Waals surface area contributed by atoms with E-state index in [0.29, 0.717) is 0 Å². The van der Waals surface area contributed by atoms with Gasteiger partial charge in [-0.2, -0.15) is 0 Å². The van der Waals surface area contributed by atoms with Crippen LogP contribution < -0.4 is 0 Å². The predicted octanol–water partition coefficient (Wildman–Crippen LogP) is 7.06. The Balaban J connectivity index is 1.73.